The van der Waals surface area contributed by atoms with Gasteiger partial charge in [-0.25, -0.2) is 4.98 Å². The van der Waals surface area contributed by atoms with Gasteiger partial charge in [0.25, 0.3) is 0 Å². The number of carboxylic acid groups (broad SMARTS) is 1. The summed E-state index contributed by atoms with van der Waals surface area (Å²) in [5.41, 5.74) is 2.43. The maximum Gasteiger partial charge on any atom is 0.308 e. The Morgan fingerprint density at radius 3 is 2.89 bits per heavy atom. The fourth-order valence-corrected chi connectivity index (χ4v) is 3.01. The molecule has 0 spiro atoms. The highest BCUT2D eigenvalue weighted by Gasteiger charge is 2.29. The van der Waals surface area contributed by atoms with Crippen molar-refractivity contribution in [3.05, 3.63) is 17.7 Å². The minimum Gasteiger partial charge on any atom is -0.481 e. The van der Waals surface area contributed by atoms with Gasteiger partial charge in [0.05, 0.1) is 17.9 Å². The number of carbonyl (C=O) groups is 1. The van der Waals surface area contributed by atoms with Crippen LogP contribution in [0.5, 0.6) is 0 Å². The topological polar surface area (TPSA) is 64.3 Å². The van der Waals surface area contributed by atoms with Crippen LogP contribution in [0.2, 0.25) is 0 Å². The molecule has 0 aromatic carbocycles. The molecule has 3 heterocycles. The molecule has 1 N–H and O–H groups in total. The van der Waals surface area contributed by atoms with E-state index in [1.165, 1.54) is 11.4 Å². The van der Waals surface area contributed by atoms with Crippen molar-refractivity contribution < 1.29 is 14.6 Å². The van der Waals surface area contributed by atoms with E-state index in [-0.39, 0.29) is 5.92 Å². The van der Waals surface area contributed by atoms with Gasteiger partial charge in [-0.05, 0) is 25.7 Å². The van der Waals surface area contributed by atoms with E-state index in [1.807, 2.05) is 10.9 Å². The van der Waals surface area contributed by atoms with E-state index in [4.69, 9.17) is 9.84 Å². The number of nitrogens with zero attached hydrogens (tertiary/aromatic N) is 2. The molecule has 1 aromatic rings. The minimum atomic E-state index is -0.693. The standard InChI is InChI=1S/C13H18N2O3/c16-13(17)10-1-2-11-12(14-8-15(11)7-10)9-3-5-18-6-4-9/h8-10H,1-7H2,(H,16,17). The van der Waals surface area contributed by atoms with Gasteiger partial charge in [-0.1, -0.05) is 0 Å². The molecule has 5 nitrogen and oxygen atoms in total. The Morgan fingerprint density at radius 1 is 1.39 bits per heavy atom. The zero-order chi connectivity index (χ0) is 12.5. The Kier molecular flexibility index (Phi) is 3.07. The summed E-state index contributed by atoms with van der Waals surface area (Å²) in [6.45, 7) is 2.20. The van der Waals surface area contributed by atoms with Crippen LogP contribution in [0.3, 0.4) is 0 Å². The van der Waals surface area contributed by atoms with Crippen LogP contribution in [0.15, 0.2) is 6.33 Å². The lowest BCUT2D eigenvalue weighted by Gasteiger charge is -2.25. The molecule has 1 atom stereocenters. The van der Waals surface area contributed by atoms with E-state index in [0.717, 1.165) is 38.9 Å². The van der Waals surface area contributed by atoms with Crippen LogP contribution in [-0.2, 0) is 22.5 Å². The van der Waals surface area contributed by atoms with Crippen molar-refractivity contribution in [2.45, 2.75) is 38.1 Å². The zero-order valence-corrected chi connectivity index (χ0v) is 10.3. The summed E-state index contributed by atoms with van der Waals surface area (Å²) in [7, 11) is 0. The quantitative estimate of drug-likeness (QED) is 0.862. The van der Waals surface area contributed by atoms with Crippen LogP contribution in [0.25, 0.3) is 0 Å². The molecule has 1 aromatic heterocycles. The van der Waals surface area contributed by atoms with Crippen molar-refractivity contribution in [2.24, 2.45) is 5.92 Å². The summed E-state index contributed by atoms with van der Waals surface area (Å²) < 4.78 is 7.41. The third-order valence-electron chi connectivity index (χ3n) is 4.08. The van der Waals surface area contributed by atoms with Crippen LogP contribution in [-0.4, -0.2) is 33.8 Å². The second-order valence-electron chi connectivity index (χ2n) is 5.19. The van der Waals surface area contributed by atoms with Crippen molar-refractivity contribution in [3.63, 3.8) is 0 Å². The predicted octanol–water partition coefficient (Wildman–Crippen LogP) is 1.42. The monoisotopic (exact) mass is 250 g/mol. The Labute approximate surface area is 106 Å². The minimum absolute atomic E-state index is 0.255. The second kappa shape index (κ2) is 4.72. The molecule has 98 valence electrons. The summed E-state index contributed by atoms with van der Waals surface area (Å²) >= 11 is 0. The van der Waals surface area contributed by atoms with Crippen molar-refractivity contribution in [1.29, 1.82) is 0 Å². The number of hydrogen-bond acceptors (Lipinski definition) is 3. The molecule has 1 unspecified atom stereocenters. The molecule has 0 aliphatic carbocycles. The molecular formula is C13H18N2O3. The van der Waals surface area contributed by atoms with Crippen molar-refractivity contribution in [1.82, 2.24) is 9.55 Å². The average molecular weight is 250 g/mol. The molecule has 2 aliphatic heterocycles. The number of aliphatic carboxylic acids is 1. The summed E-state index contributed by atoms with van der Waals surface area (Å²) in [6.07, 6.45) is 5.45. The fraction of sp³-hybridized carbons (Fsp3) is 0.692. The van der Waals surface area contributed by atoms with Gasteiger partial charge in [-0.3, -0.25) is 4.79 Å². The van der Waals surface area contributed by atoms with Crippen LogP contribution in [0.1, 0.15) is 36.6 Å². The van der Waals surface area contributed by atoms with E-state index in [2.05, 4.69) is 4.98 Å². The molecule has 2 aliphatic rings. The first kappa shape index (κ1) is 11.7. The van der Waals surface area contributed by atoms with Crippen LogP contribution in [0.4, 0.5) is 0 Å². The lowest BCUT2D eigenvalue weighted by atomic mass is 9.90. The Balaban J connectivity index is 1.81. The third-order valence-corrected chi connectivity index (χ3v) is 4.08. The van der Waals surface area contributed by atoms with Crippen molar-refractivity contribution in [2.75, 3.05) is 13.2 Å². The highest BCUT2D eigenvalue weighted by molar-refractivity contribution is 5.70. The summed E-state index contributed by atoms with van der Waals surface area (Å²) in [5, 5.41) is 9.07. The van der Waals surface area contributed by atoms with Gasteiger partial charge in [-0.2, -0.15) is 0 Å². The van der Waals surface area contributed by atoms with E-state index >= 15 is 0 Å². The highest BCUT2D eigenvalue weighted by atomic mass is 16.5. The van der Waals surface area contributed by atoms with E-state index in [1.54, 1.807) is 0 Å². The molecule has 0 radical (unpaired) electrons. The molecule has 1 saturated heterocycles. The van der Waals surface area contributed by atoms with Gasteiger partial charge >= 0.3 is 5.97 Å². The smallest absolute Gasteiger partial charge is 0.308 e. The van der Waals surface area contributed by atoms with Crippen LogP contribution in [0, 0.1) is 5.92 Å². The largest absolute Gasteiger partial charge is 0.481 e. The Bertz CT molecular complexity index is 449. The molecule has 1 fully saturated rings. The Hall–Kier alpha value is -1.36. The first-order valence-corrected chi connectivity index (χ1v) is 6.60. The molecule has 18 heavy (non-hydrogen) atoms. The van der Waals surface area contributed by atoms with Gasteiger partial charge in [-0.15, -0.1) is 0 Å². The number of imidazole rings is 1. The molecule has 0 bridgehead atoms. The van der Waals surface area contributed by atoms with Crippen molar-refractivity contribution in [3.8, 4) is 0 Å². The first-order valence-electron chi connectivity index (χ1n) is 6.60. The summed E-state index contributed by atoms with van der Waals surface area (Å²) in [5.74, 6) is -0.451. The van der Waals surface area contributed by atoms with Gasteiger partial charge in [0.15, 0.2) is 0 Å². The molecule has 5 heteroatoms. The normalized spacial score (nSPS) is 24.8. The maximum atomic E-state index is 11.0. The van der Waals surface area contributed by atoms with Gasteiger partial charge in [0, 0.05) is 31.4 Å². The van der Waals surface area contributed by atoms with Gasteiger partial charge in [0.1, 0.15) is 0 Å². The number of aromatic nitrogens is 2. The van der Waals surface area contributed by atoms with Crippen LogP contribution < -0.4 is 0 Å². The van der Waals surface area contributed by atoms with Gasteiger partial charge in [0.2, 0.25) is 0 Å². The molecule has 0 amide bonds. The fourth-order valence-electron chi connectivity index (χ4n) is 3.01. The molecule has 0 saturated carbocycles. The number of carboxylic acids is 1. The summed E-state index contributed by atoms with van der Waals surface area (Å²) in [4.78, 5) is 15.6. The van der Waals surface area contributed by atoms with E-state index in [9.17, 15) is 4.79 Å². The van der Waals surface area contributed by atoms with E-state index in [0.29, 0.717) is 12.5 Å². The lowest BCUT2D eigenvalue weighted by molar-refractivity contribution is -0.142. The molecule has 3 rings (SSSR count). The average Bonchev–Trinajstić information content (AvgIpc) is 2.82. The predicted molar refractivity (Wildman–Crippen MR) is 64.5 cm³/mol. The first-order chi connectivity index (χ1) is 8.75. The van der Waals surface area contributed by atoms with Crippen LogP contribution >= 0.6 is 0 Å². The maximum absolute atomic E-state index is 11.0. The SMILES string of the molecule is O=C(O)C1CCc2c(C3CCOCC3)ncn2C1. The Morgan fingerprint density at radius 2 is 2.17 bits per heavy atom. The van der Waals surface area contributed by atoms with E-state index < -0.39 is 5.97 Å². The van der Waals surface area contributed by atoms with Gasteiger partial charge < -0.3 is 14.4 Å². The lowest BCUT2D eigenvalue weighted by Crippen LogP contribution is -2.27. The number of hydrogen-bond donors (Lipinski definition) is 1. The van der Waals surface area contributed by atoms with Crippen molar-refractivity contribution >= 4 is 5.97 Å². The second-order valence-corrected chi connectivity index (χ2v) is 5.19. The zero-order valence-electron chi connectivity index (χ0n) is 10.3. The number of fused-ring (bicyclic) bond motifs is 1. The number of rotatable bonds is 2. The molecular weight excluding hydrogens is 232 g/mol. The summed E-state index contributed by atoms with van der Waals surface area (Å²) in [6, 6.07) is 0. The number of ether oxygens (including phenoxy) is 1. The highest BCUT2D eigenvalue weighted by Crippen LogP contribution is 2.32. The third kappa shape index (κ3) is 2.03.